The molecule has 3 aromatic carbocycles. The van der Waals surface area contributed by atoms with Crippen LogP contribution in [0.5, 0.6) is 0 Å². The van der Waals surface area contributed by atoms with Crippen LogP contribution in [0.2, 0.25) is 0 Å². The third-order valence-electron chi connectivity index (χ3n) is 6.65. The molecule has 0 fully saturated rings. The van der Waals surface area contributed by atoms with Crippen LogP contribution in [0.25, 0.3) is 56.1 Å². The molecule has 0 unspecified atom stereocenters. The Hall–Kier alpha value is -4.98. The SMILES string of the molecule is CNC(=O)c1c(-c2ccc(F)cc2)oc2cc(N(C)C)c(-c3cc(C)cc(-c4nc5ncccc5o4)c3)cc12. The second kappa shape index (κ2) is 9.40. The van der Waals surface area contributed by atoms with Crippen molar-refractivity contribution in [1.82, 2.24) is 15.3 Å². The summed E-state index contributed by atoms with van der Waals surface area (Å²) in [6.07, 6.45) is 1.68. The van der Waals surface area contributed by atoms with Gasteiger partial charge in [0.1, 0.15) is 17.2 Å². The lowest BCUT2D eigenvalue weighted by molar-refractivity contribution is 0.0964. The van der Waals surface area contributed by atoms with Gasteiger partial charge in [-0.25, -0.2) is 9.37 Å². The fourth-order valence-electron chi connectivity index (χ4n) is 4.84. The molecule has 3 heterocycles. The Bertz CT molecular complexity index is 1840. The second-order valence-corrected chi connectivity index (χ2v) is 9.58. The van der Waals surface area contributed by atoms with Crippen LogP contribution < -0.4 is 10.2 Å². The van der Waals surface area contributed by atoms with Crippen molar-refractivity contribution in [2.75, 3.05) is 26.0 Å². The first-order valence-electron chi connectivity index (χ1n) is 12.4. The minimum atomic E-state index is -0.362. The molecule has 3 aromatic heterocycles. The summed E-state index contributed by atoms with van der Waals surface area (Å²) in [4.78, 5) is 24.0. The van der Waals surface area contributed by atoms with Crippen molar-refractivity contribution in [3.63, 3.8) is 0 Å². The van der Waals surface area contributed by atoms with E-state index in [0.717, 1.165) is 27.9 Å². The molecule has 1 amide bonds. The molecule has 0 saturated carbocycles. The fourth-order valence-corrected chi connectivity index (χ4v) is 4.84. The number of hydrogen-bond acceptors (Lipinski definition) is 6. The van der Waals surface area contributed by atoms with Crippen molar-refractivity contribution in [2.24, 2.45) is 0 Å². The highest BCUT2D eigenvalue weighted by atomic mass is 19.1. The van der Waals surface area contributed by atoms with E-state index in [1.165, 1.54) is 12.1 Å². The molecule has 6 aromatic rings. The predicted molar refractivity (Wildman–Crippen MR) is 150 cm³/mol. The quantitative estimate of drug-likeness (QED) is 0.268. The van der Waals surface area contributed by atoms with Crippen LogP contribution in [-0.2, 0) is 0 Å². The maximum atomic E-state index is 13.6. The molecule has 0 spiro atoms. The van der Waals surface area contributed by atoms with Gasteiger partial charge in [0.25, 0.3) is 5.91 Å². The number of halogens is 1. The third-order valence-corrected chi connectivity index (χ3v) is 6.65. The van der Waals surface area contributed by atoms with Gasteiger partial charge in [-0.15, -0.1) is 0 Å². The Morgan fingerprint density at radius 1 is 0.923 bits per heavy atom. The van der Waals surface area contributed by atoms with Crippen molar-refractivity contribution >= 4 is 33.8 Å². The van der Waals surface area contributed by atoms with Gasteiger partial charge in [0.05, 0.1) is 5.56 Å². The van der Waals surface area contributed by atoms with Gasteiger partial charge in [-0.2, -0.15) is 4.98 Å². The van der Waals surface area contributed by atoms with Crippen LogP contribution in [0.3, 0.4) is 0 Å². The third kappa shape index (κ3) is 4.29. The van der Waals surface area contributed by atoms with E-state index >= 15 is 0 Å². The highest BCUT2D eigenvalue weighted by Crippen LogP contribution is 2.41. The summed E-state index contributed by atoms with van der Waals surface area (Å²) >= 11 is 0. The molecule has 6 rings (SSSR count). The number of hydrogen-bond donors (Lipinski definition) is 1. The predicted octanol–water partition coefficient (Wildman–Crippen LogP) is 6.84. The van der Waals surface area contributed by atoms with Gasteiger partial charge in [0.2, 0.25) is 5.89 Å². The number of nitrogens with zero attached hydrogens (tertiary/aromatic N) is 3. The number of carbonyl (C=O) groups is 1. The molecule has 0 bridgehead atoms. The standard InChI is InChI=1S/C31H25FN4O3/c1-17-12-19(14-20(13-17)31-35-29-25(39-31)6-5-11-34-29)22-15-23-26(16-24(22)36(3)4)38-28(27(23)30(37)33-2)18-7-9-21(32)10-8-18/h5-16H,1-4H3,(H,33,37). The average molecular weight is 521 g/mol. The van der Waals surface area contributed by atoms with Gasteiger partial charge in [-0.1, -0.05) is 6.07 Å². The molecule has 39 heavy (non-hydrogen) atoms. The number of oxazole rings is 1. The summed E-state index contributed by atoms with van der Waals surface area (Å²) < 4.78 is 25.9. The first-order valence-corrected chi connectivity index (χ1v) is 12.4. The van der Waals surface area contributed by atoms with Crippen molar-refractivity contribution in [1.29, 1.82) is 0 Å². The van der Waals surface area contributed by atoms with Crippen LogP contribution in [0, 0.1) is 12.7 Å². The van der Waals surface area contributed by atoms with E-state index in [-0.39, 0.29) is 11.7 Å². The van der Waals surface area contributed by atoms with Crippen LogP contribution in [0.1, 0.15) is 15.9 Å². The van der Waals surface area contributed by atoms with E-state index < -0.39 is 0 Å². The van der Waals surface area contributed by atoms with Gasteiger partial charge < -0.3 is 19.1 Å². The normalized spacial score (nSPS) is 11.3. The second-order valence-electron chi connectivity index (χ2n) is 9.58. The molecule has 0 aliphatic rings. The Balaban J connectivity index is 1.58. The van der Waals surface area contributed by atoms with E-state index in [9.17, 15) is 9.18 Å². The highest BCUT2D eigenvalue weighted by Gasteiger charge is 2.24. The van der Waals surface area contributed by atoms with Crippen LogP contribution in [0.15, 0.2) is 81.8 Å². The number of fused-ring (bicyclic) bond motifs is 2. The smallest absolute Gasteiger partial charge is 0.255 e. The Morgan fingerprint density at radius 2 is 1.69 bits per heavy atom. The molecule has 0 atom stereocenters. The number of pyridine rings is 1. The van der Waals surface area contributed by atoms with E-state index in [0.29, 0.717) is 45.0 Å². The molecular weight excluding hydrogens is 495 g/mol. The molecule has 0 aliphatic carbocycles. The number of aromatic nitrogens is 2. The molecule has 0 radical (unpaired) electrons. The number of furan rings is 1. The van der Waals surface area contributed by atoms with Gasteiger partial charge in [-0.3, -0.25) is 4.79 Å². The number of rotatable bonds is 5. The zero-order valence-electron chi connectivity index (χ0n) is 21.9. The summed E-state index contributed by atoms with van der Waals surface area (Å²) in [7, 11) is 5.49. The van der Waals surface area contributed by atoms with Crippen LogP contribution in [0.4, 0.5) is 10.1 Å². The first kappa shape index (κ1) is 24.4. The largest absolute Gasteiger partial charge is 0.455 e. The summed E-state index contributed by atoms with van der Waals surface area (Å²) in [6.45, 7) is 2.02. The number of nitrogens with one attached hydrogen (secondary N) is 1. The highest BCUT2D eigenvalue weighted by molar-refractivity contribution is 6.13. The van der Waals surface area contributed by atoms with Crippen LogP contribution >= 0.6 is 0 Å². The van der Waals surface area contributed by atoms with Gasteiger partial charge >= 0.3 is 0 Å². The van der Waals surface area contributed by atoms with Crippen LogP contribution in [-0.4, -0.2) is 37.0 Å². The van der Waals surface area contributed by atoms with Crippen molar-refractivity contribution in [3.8, 4) is 33.9 Å². The zero-order chi connectivity index (χ0) is 27.3. The minimum Gasteiger partial charge on any atom is -0.455 e. The molecule has 194 valence electrons. The number of anilines is 1. The molecule has 1 N–H and O–H groups in total. The lowest BCUT2D eigenvalue weighted by Crippen LogP contribution is -2.18. The molecule has 0 aliphatic heterocycles. The number of benzene rings is 3. The maximum Gasteiger partial charge on any atom is 0.255 e. The lowest BCUT2D eigenvalue weighted by Gasteiger charge is -2.18. The molecule has 8 heteroatoms. The van der Waals surface area contributed by atoms with Crippen molar-refractivity contribution < 1.29 is 18.0 Å². The topological polar surface area (TPSA) is 84.4 Å². The Labute approximate surface area is 223 Å². The average Bonchev–Trinajstić information content (AvgIpc) is 3.53. The summed E-state index contributed by atoms with van der Waals surface area (Å²) in [5.41, 5.74) is 7.30. The first-order chi connectivity index (χ1) is 18.8. The Kier molecular flexibility index (Phi) is 5.87. The number of carbonyl (C=O) groups excluding carboxylic acids is 1. The lowest BCUT2D eigenvalue weighted by atomic mass is 9.95. The van der Waals surface area contributed by atoms with E-state index in [2.05, 4.69) is 21.4 Å². The molecule has 0 saturated heterocycles. The van der Waals surface area contributed by atoms with Gasteiger partial charge in [0, 0.05) is 61.2 Å². The summed E-state index contributed by atoms with van der Waals surface area (Å²) in [5, 5.41) is 3.38. The van der Waals surface area contributed by atoms with E-state index in [1.807, 2.05) is 62.3 Å². The van der Waals surface area contributed by atoms with Crippen molar-refractivity contribution in [2.45, 2.75) is 6.92 Å². The van der Waals surface area contributed by atoms with Gasteiger partial charge in [-0.05, 0) is 72.6 Å². The van der Waals surface area contributed by atoms with Gasteiger partial charge in [0.15, 0.2) is 11.2 Å². The zero-order valence-corrected chi connectivity index (χ0v) is 21.9. The van der Waals surface area contributed by atoms with Crippen molar-refractivity contribution in [3.05, 3.63) is 89.9 Å². The molecule has 7 nitrogen and oxygen atoms in total. The molecular formula is C31H25FN4O3. The Morgan fingerprint density at radius 3 is 2.41 bits per heavy atom. The fraction of sp³-hybridized carbons (Fsp3) is 0.129. The summed E-state index contributed by atoms with van der Waals surface area (Å²) in [5.74, 6) is 0.211. The maximum absolute atomic E-state index is 13.6. The van der Waals surface area contributed by atoms with E-state index in [1.54, 1.807) is 25.4 Å². The number of amides is 1. The monoisotopic (exact) mass is 520 g/mol. The summed E-state index contributed by atoms with van der Waals surface area (Å²) in [6, 6.07) is 19.6. The minimum absolute atomic E-state index is 0.291. The number of aryl methyl sites for hydroxylation is 1. The van der Waals surface area contributed by atoms with E-state index in [4.69, 9.17) is 8.83 Å².